The predicted octanol–water partition coefficient (Wildman–Crippen LogP) is -0.446. The first-order valence-electron chi connectivity index (χ1n) is 6.61. The van der Waals surface area contributed by atoms with Gasteiger partial charge in [0.05, 0.1) is 0 Å². The lowest BCUT2D eigenvalue weighted by atomic mass is 10.1. The summed E-state index contributed by atoms with van der Waals surface area (Å²) >= 11 is 0. The number of aliphatic carboxylic acids is 1. The highest BCUT2D eigenvalue weighted by Crippen LogP contribution is 2.01. The number of hydrogen-bond acceptors (Lipinski definition) is 5. The summed E-state index contributed by atoms with van der Waals surface area (Å²) in [6, 6.07) is -0.519. The van der Waals surface area contributed by atoms with Crippen LogP contribution in [0.5, 0.6) is 0 Å². The van der Waals surface area contributed by atoms with Crippen LogP contribution >= 0.6 is 0 Å². The quantitative estimate of drug-likeness (QED) is 0.288. The van der Waals surface area contributed by atoms with E-state index in [0.717, 1.165) is 32.4 Å². The van der Waals surface area contributed by atoms with Crippen LogP contribution in [0.1, 0.15) is 32.1 Å². The topological polar surface area (TPSA) is 102 Å². The molecule has 0 aromatic heterocycles. The molecule has 0 saturated heterocycles. The van der Waals surface area contributed by atoms with Crippen LogP contribution in [-0.4, -0.2) is 60.2 Å². The number of nitrogens with one attached hydrogen (secondary N) is 2. The van der Waals surface area contributed by atoms with E-state index in [0.29, 0.717) is 19.4 Å². The predicted molar refractivity (Wildman–Crippen MR) is 69.6 cm³/mol. The molecule has 6 heteroatoms. The van der Waals surface area contributed by atoms with Crippen molar-refractivity contribution in [2.24, 2.45) is 0 Å². The minimum atomic E-state index is -0.832. The van der Waals surface area contributed by atoms with Crippen LogP contribution in [0.25, 0.3) is 0 Å². The van der Waals surface area contributed by atoms with Gasteiger partial charge in [-0.15, -0.1) is 0 Å². The lowest BCUT2D eigenvalue weighted by Gasteiger charge is -2.13. The summed E-state index contributed by atoms with van der Waals surface area (Å²) in [7, 11) is 0. The first kappa shape index (κ1) is 17.3. The SMILES string of the molecule is O=C(O)C(CCCCNCCCO)NCCCO. The summed E-state index contributed by atoms with van der Waals surface area (Å²) in [5, 5.41) is 32.3. The van der Waals surface area contributed by atoms with Crippen LogP contribution in [0.3, 0.4) is 0 Å². The van der Waals surface area contributed by atoms with Crippen molar-refractivity contribution in [2.75, 3.05) is 32.8 Å². The standard InChI is InChI=1S/C12H26N2O4/c15-9-3-7-13-6-2-1-5-11(12(17)18)14-8-4-10-16/h11,13-16H,1-10H2,(H,17,18). The molecule has 0 aliphatic carbocycles. The molecular weight excluding hydrogens is 236 g/mol. The van der Waals surface area contributed by atoms with Gasteiger partial charge in [-0.25, -0.2) is 0 Å². The minimum absolute atomic E-state index is 0.0775. The molecule has 1 atom stereocenters. The first-order chi connectivity index (χ1) is 8.72. The maximum absolute atomic E-state index is 10.9. The van der Waals surface area contributed by atoms with Crippen molar-refractivity contribution in [3.05, 3.63) is 0 Å². The fourth-order valence-corrected chi connectivity index (χ4v) is 1.60. The van der Waals surface area contributed by atoms with Gasteiger partial charge in [-0.05, 0) is 45.3 Å². The molecule has 0 amide bonds. The number of aliphatic hydroxyl groups is 2. The fraction of sp³-hybridized carbons (Fsp3) is 0.917. The molecule has 0 spiro atoms. The van der Waals surface area contributed by atoms with E-state index < -0.39 is 12.0 Å². The van der Waals surface area contributed by atoms with Crippen molar-refractivity contribution < 1.29 is 20.1 Å². The number of hydrogen-bond donors (Lipinski definition) is 5. The van der Waals surface area contributed by atoms with E-state index >= 15 is 0 Å². The molecule has 0 heterocycles. The third-order valence-electron chi connectivity index (χ3n) is 2.63. The highest BCUT2D eigenvalue weighted by Gasteiger charge is 2.15. The van der Waals surface area contributed by atoms with Gasteiger partial charge >= 0.3 is 5.97 Å². The van der Waals surface area contributed by atoms with Gasteiger partial charge in [0.25, 0.3) is 0 Å². The molecule has 0 rings (SSSR count). The average molecular weight is 262 g/mol. The van der Waals surface area contributed by atoms with Crippen LogP contribution in [-0.2, 0) is 4.79 Å². The Morgan fingerprint density at radius 3 is 2.17 bits per heavy atom. The van der Waals surface area contributed by atoms with Crippen molar-refractivity contribution in [2.45, 2.75) is 38.1 Å². The van der Waals surface area contributed by atoms with Crippen LogP contribution in [0.4, 0.5) is 0 Å². The molecule has 0 bridgehead atoms. The smallest absolute Gasteiger partial charge is 0.320 e. The van der Waals surface area contributed by atoms with Crippen molar-refractivity contribution in [1.29, 1.82) is 0 Å². The molecule has 6 nitrogen and oxygen atoms in total. The molecule has 0 aliphatic heterocycles. The van der Waals surface area contributed by atoms with Crippen LogP contribution in [0, 0.1) is 0 Å². The fourth-order valence-electron chi connectivity index (χ4n) is 1.60. The molecular formula is C12H26N2O4. The van der Waals surface area contributed by atoms with Crippen LogP contribution in [0.2, 0.25) is 0 Å². The third kappa shape index (κ3) is 10.5. The molecule has 0 fully saturated rings. The number of carboxylic acids is 1. The monoisotopic (exact) mass is 262 g/mol. The Balaban J connectivity index is 3.49. The van der Waals surface area contributed by atoms with Crippen molar-refractivity contribution in [3.63, 3.8) is 0 Å². The Bertz CT molecular complexity index is 203. The zero-order valence-corrected chi connectivity index (χ0v) is 10.9. The number of aliphatic hydroxyl groups excluding tert-OH is 2. The van der Waals surface area contributed by atoms with E-state index in [9.17, 15) is 4.79 Å². The zero-order valence-electron chi connectivity index (χ0n) is 10.9. The molecule has 1 unspecified atom stereocenters. The Labute approximate surface area is 108 Å². The molecule has 0 aromatic rings. The van der Waals surface area contributed by atoms with E-state index in [1.165, 1.54) is 0 Å². The zero-order chi connectivity index (χ0) is 13.6. The van der Waals surface area contributed by atoms with E-state index in [-0.39, 0.29) is 13.2 Å². The normalized spacial score (nSPS) is 12.6. The summed E-state index contributed by atoms with van der Waals surface area (Å²) in [6.45, 7) is 2.45. The number of carbonyl (C=O) groups is 1. The molecule has 108 valence electrons. The number of unbranched alkanes of at least 4 members (excludes halogenated alkanes) is 1. The van der Waals surface area contributed by atoms with Crippen LogP contribution < -0.4 is 10.6 Å². The largest absolute Gasteiger partial charge is 0.480 e. The lowest BCUT2D eigenvalue weighted by molar-refractivity contribution is -0.139. The number of rotatable bonds is 13. The minimum Gasteiger partial charge on any atom is -0.480 e. The van der Waals surface area contributed by atoms with Gasteiger partial charge in [-0.3, -0.25) is 4.79 Å². The third-order valence-corrected chi connectivity index (χ3v) is 2.63. The van der Waals surface area contributed by atoms with Crippen LogP contribution in [0.15, 0.2) is 0 Å². The Morgan fingerprint density at radius 2 is 1.56 bits per heavy atom. The van der Waals surface area contributed by atoms with E-state index in [1.807, 2.05) is 0 Å². The van der Waals surface area contributed by atoms with Gasteiger partial charge in [0.1, 0.15) is 6.04 Å². The van der Waals surface area contributed by atoms with E-state index in [4.69, 9.17) is 15.3 Å². The van der Waals surface area contributed by atoms with Gasteiger partial charge in [0, 0.05) is 13.2 Å². The summed E-state index contributed by atoms with van der Waals surface area (Å²) in [4.78, 5) is 10.9. The van der Waals surface area contributed by atoms with E-state index in [2.05, 4.69) is 10.6 Å². The molecule has 0 radical (unpaired) electrons. The maximum atomic E-state index is 10.9. The average Bonchev–Trinajstić information content (AvgIpc) is 2.35. The van der Waals surface area contributed by atoms with Crippen molar-refractivity contribution in [1.82, 2.24) is 10.6 Å². The number of carboxylic acid groups (broad SMARTS) is 1. The van der Waals surface area contributed by atoms with Gasteiger partial charge in [0.15, 0.2) is 0 Å². The Hall–Kier alpha value is -0.690. The summed E-state index contributed by atoms with van der Waals surface area (Å²) in [5.41, 5.74) is 0. The Kier molecular flexibility index (Phi) is 12.3. The maximum Gasteiger partial charge on any atom is 0.320 e. The van der Waals surface area contributed by atoms with Crippen molar-refractivity contribution >= 4 is 5.97 Å². The second kappa shape index (κ2) is 12.8. The summed E-state index contributed by atoms with van der Waals surface area (Å²) in [6.07, 6.45) is 3.70. The van der Waals surface area contributed by atoms with E-state index in [1.54, 1.807) is 0 Å². The molecule has 0 saturated carbocycles. The first-order valence-corrected chi connectivity index (χ1v) is 6.61. The molecule has 0 aliphatic rings. The molecule has 18 heavy (non-hydrogen) atoms. The molecule has 5 N–H and O–H groups in total. The highest BCUT2D eigenvalue weighted by molar-refractivity contribution is 5.73. The Morgan fingerprint density at radius 1 is 0.944 bits per heavy atom. The van der Waals surface area contributed by atoms with Gasteiger partial charge in [-0.1, -0.05) is 6.42 Å². The molecule has 0 aromatic carbocycles. The highest BCUT2D eigenvalue weighted by atomic mass is 16.4. The summed E-state index contributed by atoms with van der Waals surface area (Å²) < 4.78 is 0. The van der Waals surface area contributed by atoms with Gasteiger partial charge in [0.2, 0.25) is 0 Å². The second-order valence-electron chi connectivity index (χ2n) is 4.25. The second-order valence-corrected chi connectivity index (χ2v) is 4.25. The van der Waals surface area contributed by atoms with Gasteiger partial charge in [-0.2, -0.15) is 0 Å². The van der Waals surface area contributed by atoms with Crippen molar-refractivity contribution in [3.8, 4) is 0 Å². The lowest BCUT2D eigenvalue weighted by Crippen LogP contribution is -2.37. The van der Waals surface area contributed by atoms with Gasteiger partial charge < -0.3 is 26.0 Å². The summed E-state index contributed by atoms with van der Waals surface area (Å²) in [5.74, 6) is -0.832.